The Balaban J connectivity index is 1.86. The average molecular weight is 224 g/mol. The number of amides is 1. The van der Waals surface area contributed by atoms with Gasteiger partial charge in [0.2, 0.25) is 5.91 Å². The van der Waals surface area contributed by atoms with Gasteiger partial charge in [-0.25, -0.2) is 4.98 Å². The zero-order valence-corrected chi connectivity index (χ0v) is 9.22. The Hall–Kier alpha value is -1.40. The van der Waals surface area contributed by atoms with Crippen molar-refractivity contribution in [2.45, 2.75) is 12.6 Å². The Labute approximate surface area is 93.8 Å². The third kappa shape index (κ3) is 2.23. The van der Waals surface area contributed by atoms with Gasteiger partial charge in [0.25, 0.3) is 0 Å². The van der Waals surface area contributed by atoms with E-state index in [0.29, 0.717) is 19.8 Å². The highest BCUT2D eigenvalue weighted by Crippen LogP contribution is 2.11. The third-order valence-electron chi connectivity index (χ3n) is 2.80. The van der Waals surface area contributed by atoms with Crippen molar-refractivity contribution in [3.8, 4) is 0 Å². The van der Waals surface area contributed by atoms with Gasteiger partial charge in [-0.1, -0.05) is 0 Å². The largest absolute Gasteiger partial charge is 0.379 e. The molecule has 1 amide bonds. The molecule has 1 aromatic heterocycles. The zero-order valence-electron chi connectivity index (χ0n) is 9.22. The highest BCUT2D eigenvalue weighted by atomic mass is 16.5. The average Bonchev–Trinajstić information content (AvgIpc) is 2.84. The van der Waals surface area contributed by atoms with Gasteiger partial charge in [0.1, 0.15) is 5.82 Å². The summed E-state index contributed by atoms with van der Waals surface area (Å²) in [4.78, 5) is 15.9. The van der Waals surface area contributed by atoms with Crippen molar-refractivity contribution >= 4 is 5.91 Å². The van der Waals surface area contributed by atoms with Crippen LogP contribution in [0.2, 0.25) is 0 Å². The van der Waals surface area contributed by atoms with Gasteiger partial charge in [-0.2, -0.15) is 0 Å². The van der Waals surface area contributed by atoms with E-state index in [1.165, 1.54) is 0 Å². The molecule has 1 aliphatic rings. The van der Waals surface area contributed by atoms with E-state index >= 15 is 0 Å². The van der Waals surface area contributed by atoms with Gasteiger partial charge in [0.05, 0.1) is 25.7 Å². The molecule has 1 aliphatic heterocycles. The van der Waals surface area contributed by atoms with E-state index in [0.717, 1.165) is 5.82 Å². The molecule has 0 aromatic carbocycles. The lowest BCUT2D eigenvalue weighted by Gasteiger charge is -2.13. The van der Waals surface area contributed by atoms with E-state index in [2.05, 4.69) is 10.3 Å². The smallest absolute Gasteiger partial charge is 0.227 e. The van der Waals surface area contributed by atoms with Gasteiger partial charge in [-0.05, 0) is 0 Å². The van der Waals surface area contributed by atoms with Crippen LogP contribution in [0.3, 0.4) is 0 Å². The Bertz CT molecular complexity index is 377. The lowest BCUT2D eigenvalue weighted by molar-refractivity contribution is -0.125. The molecule has 0 aliphatic carbocycles. The monoisotopic (exact) mass is 224 g/mol. The highest BCUT2D eigenvalue weighted by Gasteiger charge is 2.31. The number of ether oxygens (including phenoxy) is 1. The van der Waals surface area contributed by atoms with E-state index < -0.39 is 0 Å². The molecule has 6 nitrogen and oxygen atoms in total. The minimum atomic E-state index is -0.236. The fourth-order valence-corrected chi connectivity index (χ4v) is 1.71. The molecule has 3 N–H and O–H groups in total. The summed E-state index contributed by atoms with van der Waals surface area (Å²) in [6.07, 6.45) is 3.54. The second-order valence-corrected chi connectivity index (χ2v) is 3.98. The molecule has 2 unspecified atom stereocenters. The summed E-state index contributed by atoms with van der Waals surface area (Å²) in [5, 5.41) is 2.82. The molecule has 6 heteroatoms. The zero-order chi connectivity index (χ0) is 11.5. The van der Waals surface area contributed by atoms with Gasteiger partial charge in [-0.3, -0.25) is 4.79 Å². The number of aromatic nitrogens is 2. The second-order valence-electron chi connectivity index (χ2n) is 3.98. The summed E-state index contributed by atoms with van der Waals surface area (Å²) in [5.41, 5.74) is 5.75. The summed E-state index contributed by atoms with van der Waals surface area (Å²) in [7, 11) is 1.89. The molecule has 0 radical (unpaired) electrons. The van der Waals surface area contributed by atoms with Crippen molar-refractivity contribution in [3.05, 3.63) is 18.2 Å². The van der Waals surface area contributed by atoms with Crippen LogP contribution in [-0.2, 0) is 23.1 Å². The summed E-state index contributed by atoms with van der Waals surface area (Å²) >= 11 is 0. The molecule has 0 bridgehead atoms. The fourth-order valence-electron chi connectivity index (χ4n) is 1.71. The third-order valence-corrected chi connectivity index (χ3v) is 2.80. The van der Waals surface area contributed by atoms with Gasteiger partial charge in [-0.15, -0.1) is 0 Å². The fraction of sp³-hybridized carbons (Fsp3) is 0.600. The van der Waals surface area contributed by atoms with Crippen molar-refractivity contribution in [1.82, 2.24) is 14.9 Å². The molecule has 16 heavy (non-hydrogen) atoms. The molecule has 2 heterocycles. The van der Waals surface area contributed by atoms with Gasteiger partial charge in [0.15, 0.2) is 0 Å². The number of nitrogens with one attached hydrogen (secondary N) is 1. The molecular weight excluding hydrogens is 208 g/mol. The maximum Gasteiger partial charge on any atom is 0.227 e. The predicted molar refractivity (Wildman–Crippen MR) is 57.3 cm³/mol. The first-order valence-corrected chi connectivity index (χ1v) is 5.25. The number of hydrogen-bond acceptors (Lipinski definition) is 4. The molecule has 1 aromatic rings. The maximum absolute atomic E-state index is 11.8. The molecule has 0 spiro atoms. The van der Waals surface area contributed by atoms with Crippen molar-refractivity contribution in [3.63, 3.8) is 0 Å². The van der Waals surface area contributed by atoms with Crippen LogP contribution in [0.1, 0.15) is 5.82 Å². The van der Waals surface area contributed by atoms with E-state index in [9.17, 15) is 4.79 Å². The van der Waals surface area contributed by atoms with Crippen LogP contribution in [0.25, 0.3) is 0 Å². The Morgan fingerprint density at radius 2 is 2.56 bits per heavy atom. The van der Waals surface area contributed by atoms with Gasteiger partial charge in [0, 0.05) is 25.5 Å². The van der Waals surface area contributed by atoms with Crippen LogP contribution >= 0.6 is 0 Å². The molecule has 0 saturated carbocycles. The van der Waals surface area contributed by atoms with Crippen LogP contribution < -0.4 is 11.1 Å². The van der Waals surface area contributed by atoms with Crippen molar-refractivity contribution in [2.75, 3.05) is 13.2 Å². The number of hydrogen-bond donors (Lipinski definition) is 2. The first-order valence-electron chi connectivity index (χ1n) is 5.25. The molecule has 1 saturated heterocycles. The lowest BCUT2D eigenvalue weighted by atomic mass is 10.0. The summed E-state index contributed by atoms with van der Waals surface area (Å²) in [5.74, 6) is 0.522. The SMILES string of the molecule is Cn1ccnc1CNC(=O)C1COCC1N. The first kappa shape index (κ1) is 11.1. The van der Waals surface area contributed by atoms with Crippen LogP contribution in [0.4, 0.5) is 0 Å². The second kappa shape index (κ2) is 4.63. The summed E-state index contributed by atoms with van der Waals surface area (Å²) in [6.45, 7) is 1.29. The van der Waals surface area contributed by atoms with Gasteiger partial charge >= 0.3 is 0 Å². The standard InChI is InChI=1S/C10H16N4O2/c1-14-3-2-12-9(14)4-13-10(15)7-5-16-6-8(7)11/h2-3,7-8H,4-6,11H2,1H3,(H,13,15). The van der Waals surface area contributed by atoms with Crippen molar-refractivity contribution in [2.24, 2.45) is 18.7 Å². The number of nitrogens with zero attached hydrogens (tertiary/aromatic N) is 2. The van der Waals surface area contributed by atoms with Crippen LogP contribution in [0.15, 0.2) is 12.4 Å². The summed E-state index contributed by atoms with van der Waals surface area (Å²) < 4.78 is 7.01. The Kier molecular flexibility index (Phi) is 3.21. The van der Waals surface area contributed by atoms with E-state index in [-0.39, 0.29) is 17.9 Å². The summed E-state index contributed by atoms with van der Waals surface area (Å²) in [6, 6.07) is -0.193. The number of aryl methyl sites for hydroxylation is 1. The van der Waals surface area contributed by atoms with Crippen LogP contribution in [0.5, 0.6) is 0 Å². The quantitative estimate of drug-likeness (QED) is 0.690. The topological polar surface area (TPSA) is 82.2 Å². The lowest BCUT2D eigenvalue weighted by Crippen LogP contribution is -2.40. The molecule has 2 rings (SSSR count). The number of rotatable bonds is 3. The number of carbonyl (C=O) groups is 1. The van der Waals surface area contributed by atoms with Crippen molar-refractivity contribution < 1.29 is 9.53 Å². The van der Waals surface area contributed by atoms with Crippen LogP contribution in [-0.4, -0.2) is 34.7 Å². The number of carbonyl (C=O) groups excluding carboxylic acids is 1. The van der Waals surface area contributed by atoms with E-state index in [1.54, 1.807) is 6.20 Å². The number of nitrogens with two attached hydrogens (primary N) is 1. The predicted octanol–water partition coefficient (Wildman–Crippen LogP) is -0.990. The Morgan fingerprint density at radius 3 is 3.12 bits per heavy atom. The minimum absolute atomic E-state index is 0.0620. The van der Waals surface area contributed by atoms with Crippen LogP contribution in [0, 0.1) is 5.92 Å². The maximum atomic E-state index is 11.8. The number of imidazole rings is 1. The molecule has 2 atom stereocenters. The highest BCUT2D eigenvalue weighted by molar-refractivity contribution is 5.79. The molecular formula is C10H16N4O2. The van der Waals surface area contributed by atoms with E-state index in [4.69, 9.17) is 10.5 Å². The molecule has 1 fully saturated rings. The molecule has 88 valence electrons. The van der Waals surface area contributed by atoms with Crippen molar-refractivity contribution in [1.29, 1.82) is 0 Å². The Morgan fingerprint density at radius 1 is 1.75 bits per heavy atom. The minimum Gasteiger partial charge on any atom is -0.379 e. The first-order chi connectivity index (χ1) is 7.68. The van der Waals surface area contributed by atoms with Gasteiger partial charge < -0.3 is 20.4 Å². The normalized spacial score (nSPS) is 24.6. The van der Waals surface area contributed by atoms with E-state index in [1.807, 2.05) is 17.8 Å².